The monoisotopic (exact) mass is 490 g/mol. The van der Waals surface area contributed by atoms with Crippen LogP contribution in [0.25, 0.3) is 0 Å². The van der Waals surface area contributed by atoms with Gasteiger partial charge in [-0.3, -0.25) is 14.4 Å². The van der Waals surface area contributed by atoms with Crippen LogP contribution in [0.3, 0.4) is 0 Å². The molecule has 0 N–H and O–H groups in total. The molecule has 6 unspecified atom stereocenters. The maximum absolute atomic E-state index is 12.2. The highest BCUT2D eigenvalue weighted by Crippen LogP contribution is 2.54. The van der Waals surface area contributed by atoms with Crippen LogP contribution in [0.2, 0.25) is 0 Å². The summed E-state index contributed by atoms with van der Waals surface area (Å²) in [7, 11) is 0. The molecule has 35 heavy (non-hydrogen) atoms. The third-order valence-electron chi connectivity index (χ3n) is 6.92. The summed E-state index contributed by atoms with van der Waals surface area (Å²) in [5.41, 5.74) is 2.03. The molecule has 4 rings (SSSR count). The normalized spacial score (nSPS) is 34.7. The quantitative estimate of drug-likeness (QED) is 0.240. The lowest BCUT2D eigenvalue weighted by atomic mass is 9.73. The zero-order valence-electron chi connectivity index (χ0n) is 20.9. The number of hydrogen-bond donors (Lipinski definition) is 0. The van der Waals surface area contributed by atoms with Crippen molar-refractivity contribution >= 4 is 17.9 Å². The molecule has 1 saturated carbocycles. The van der Waals surface area contributed by atoms with Gasteiger partial charge in [0, 0.05) is 32.3 Å². The number of carbonyl (C=O) groups is 3. The van der Waals surface area contributed by atoms with E-state index >= 15 is 0 Å². The summed E-state index contributed by atoms with van der Waals surface area (Å²) in [5.74, 6) is -2.16. The average Bonchev–Trinajstić information content (AvgIpc) is 3.64. The van der Waals surface area contributed by atoms with Crippen molar-refractivity contribution in [3.63, 3.8) is 0 Å². The average molecular weight is 491 g/mol. The summed E-state index contributed by atoms with van der Waals surface area (Å²) < 4.78 is 34.6. The second-order valence-corrected chi connectivity index (χ2v) is 10.1. The van der Waals surface area contributed by atoms with Gasteiger partial charge in [0.1, 0.15) is 11.7 Å². The third kappa shape index (κ3) is 5.62. The van der Waals surface area contributed by atoms with Gasteiger partial charge in [-0.25, -0.2) is 0 Å². The topological polar surface area (TPSA) is 113 Å². The lowest BCUT2D eigenvalue weighted by molar-refractivity contribution is -0.183. The number of epoxide rings is 2. The van der Waals surface area contributed by atoms with Crippen LogP contribution in [0.1, 0.15) is 53.9 Å². The van der Waals surface area contributed by atoms with Gasteiger partial charge in [0.05, 0.1) is 24.9 Å². The van der Waals surface area contributed by atoms with E-state index < -0.39 is 42.3 Å². The molecule has 0 aromatic rings. The van der Waals surface area contributed by atoms with E-state index in [9.17, 15) is 14.4 Å². The number of fused-ring (bicyclic) bond motifs is 3. The standard InChI is InChI=1S/C26H34O9/c1-13(2)9-20(32-15(4)27)23(33-16(5)28)19-11-30-25(34-17(6)29)22-14(3)10-21-24(35-21)26(12-31-26)8-7-18(19)22/h9,11,18,20-25H,3,7-8,10,12H2,1-2,4-6H3/t18?,20-,21?,22?,23+,24?,25?,26?/m0/s1. The molecule has 1 aliphatic carbocycles. The van der Waals surface area contributed by atoms with E-state index in [1.807, 2.05) is 13.8 Å². The lowest BCUT2D eigenvalue weighted by Gasteiger charge is -2.41. The maximum Gasteiger partial charge on any atom is 0.305 e. The second kappa shape index (κ2) is 9.78. The van der Waals surface area contributed by atoms with Crippen LogP contribution < -0.4 is 0 Å². The Bertz CT molecular complexity index is 956. The van der Waals surface area contributed by atoms with E-state index in [4.69, 9.17) is 28.4 Å². The number of hydrogen-bond acceptors (Lipinski definition) is 9. The van der Waals surface area contributed by atoms with E-state index in [2.05, 4.69) is 6.58 Å². The summed E-state index contributed by atoms with van der Waals surface area (Å²) in [6.07, 6.45) is 2.51. The molecule has 2 saturated heterocycles. The number of allylic oxidation sites excluding steroid dienone is 1. The first-order valence-electron chi connectivity index (χ1n) is 12.0. The highest BCUT2D eigenvalue weighted by molar-refractivity contribution is 5.68. The van der Waals surface area contributed by atoms with Crippen molar-refractivity contribution in [3.8, 4) is 0 Å². The molecule has 4 aliphatic rings. The molecule has 8 atom stereocenters. The van der Waals surface area contributed by atoms with Crippen LogP contribution in [-0.2, 0) is 42.8 Å². The Morgan fingerprint density at radius 3 is 2.37 bits per heavy atom. The van der Waals surface area contributed by atoms with Crippen molar-refractivity contribution < 1.29 is 42.8 Å². The van der Waals surface area contributed by atoms with Gasteiger partial charge in [0.2, 0.25) is 6.29 Å². The first-order chi connectivity index (χ1) is 16.5. The summed E-state index contributed by atoms with van der Waals surface area (Å²) >= 11 is 0. The molecule has 3 aliphatic heterocycles. The zero-order valence-corrected chi connectivity index (χ0v) is 20.9. The Balaban J connectivity index is 1.75. The van der Waals surface area contributed by atoms with Crippen LogP contribution in [0.15, 0.2) is 35.6 Å². The molecule has 192 valence electrons. The molecule has 3 fully saturated rings. The van der Waals surface area contributed by atoms with E-state index in [0.29, 0.717) is 31.4 Å². The third-order valence-corrected chi connectivity index (χ3v) is 6.92. The summed E-state index contributed by atoms with van der Waals surface area (Å²) in [6.45, 7) is 12.6. The van der Waals surface area contributed by atoms with Crippen molar-refractivity contribution in [2.45, 2.75) is 90.2 Å². The Labute approximate surface area is 205 Å². The first-order valence-corrected chi connectivity index (χ1v) is 12.0. The van der Waals surface area contributed by atoms with Crippen LogP contribution in [0, 0.1) is 11.8 Å². The fourth-order valence-electron chi connectivity index (χ4n) is 5.39. The number of ether oxygens (including phenoxy) is 6. The minimum atomic E-state index is -0.924. The van der Waals surface area contributed by atoms with Crippen molar-refractivity contribution in [3.05, 3.63) is 35.6 Å². The molecule has 0 bridgehead atoms. The molecular formula is C26H34O9. The van der Waals surface area contributed by atoms with Gasteiger partial charge in [-0.2, -0.15) is 0 Å². The van der Waals surface area contributed by atoms with Crippen molar-refractivity contribution in [1.82, 2.24) is 0 Å². The van der Waals surface area contributed by atoms with E-state index in [-0.39, 0.29) is 23.7 Å². The zero-order chi connectivity index (χ0) is 25.5. The maximum atomic E-state index is 12.2. The van der Waals surface area contributed by atoms with E-state index in [1.54, 1.807) is 6.08 Å². The first kappa shape index (κ1) is 25.4. The fourth-order valence-corrected chi connectivity index (χ4v) is 5.39. The molecule has 1 spiro atoms. The van der Waals surface area contributed by atoms with Gasteiger partial charge in [0.25, 0.3) is 0 Å². The van der Waals surface area contributed by atoms with Gasteiger partial charge >= 0.3 is 17.9 Å². The van der Waals surface area contributed by atoms with Crippen LogP contribution >= 0.6 is 0 Å². The summed E-state index contributed by atoms with van der Waals surface area (Å²) in [4.78, 5) is 36.0. The number of esters is 3. The van der Waals surface area contributed by atoms with Gasteiger partial charge in [-0.05, 0) is 39.2 Å². The van der Waals surface area contributed by atoms with Crippen LogP contribution in [0.5, 0.6) is 0 Å². The number of rotatable bonds is 6. The van der Waals surface area contributed by atoms with Gasteiger partial charge < -0.3 is 28.4 Å². The van der Waals surface area contributed by atoms with Crippen LogP contribution in [-0.4, -0.2) is 60.8 Å². The predicted octanol–water partition coefficient (Wildman–Crippen LogP) is 3.13. The molecular weight excluding hydrogens is 456 g/mol. The molecule has 9 nitrogen and oxygen atoms in total. The smallest absolute Gasteiger partial charge is 0.305 e. The highest BCUT2D eigenvalue weighted by Gasteiger charge is 2.64. The fraction of sp³-hybridized carbons (Fsp3) is 0.654. The minimum Gasteiger partial charge on any atom is -0.462 e. The van der Waals surface area contributed by atoms with Gasteiger partial charge in [-0.1, -0.05) is 17.7 Å². The van der Waals surface area contributed by atoms with Crippen LogP contribution in [0.4, 0.5) is 0 Å². The Morgan fingerprint density at radius 1 is 1.11 bits per heavy atom. The van der Waals surface area contributed by atoms with E-state index in [0.717, 1.165) is 11.1 Å². The largest absolute Gasteiger partial charge is 0.462 e. The SMILES string of the molecule is C=C1CC2OC2C2(CCC3C([C@@H](OC(C)=O)[C@H](C=C(C)C)OC(C)=O)=COC(OC(C)=O)C13)CO2. The minimum absolute atomic E-state index is 0.000167. The number of carbonyl (C=O) groups excluding carboxylic acids is 3. The molecule has 0 radical (unpaired) electrons. The molecule has 3 heterocycles. The summed E-state index contributed by atoms with van der Waals surface area (Å²) in [6, 6.07) is 0. The lowest BCUT2D eigenvalue weighted by Crippen LogP contribution is -2.45. The van der Waals surface area contributed by atoms with Crippen molar-refractivity contribution in [2.24, 2.45) is 11.8 Å². The Kier molecular flexibility index (Phi) is 7.11. The second-order valence-electron chi connectivity index (χ2n) is 10.1. The molecule has 0 aromatic heterocycles. The van der Waals surface area contributed by atoms with Gasteiger partial charge in [-0.15, -0.1) is 0 Å². The molecule has 9 heteroatoms. The predicted molar refractivity (Wildman–Crippen MR) is 123 cm³/mol. The highest BCUT2D eigenvalue weighted by atomic mass is 16.7. The van der Waals surface area contributed by atoms with E-state index in [1.165, 1.54) is 27.0 Å². The molecule has 0 amide bonds. The molecule has 0 aromatic carbocycles. The van der Waals surface area contributed by atoms with Gasteiger partial charge in [0.15, 0.2) is 12.2 Å². The Hall–Kier alpha value is -2.65. The Morgan fingerprint density at radius 2 is 1.80 bits per heavy atom. The van der Waals surface area contributed by atoms with Crippen molar-refractivity contribution in [2.75, 3.05) is 6.61 Å². The summed E-state index contributed by atoms with van der Waals surface area (Å²) in [5, 5.41) is 0. The van der Waals surface area contributed by atoms with Crippen molar-refractivity contribution in [1.29, 1.82) is 0 Å².